The summed E-state index contributed by atoms with van der Waals surface area (Å²) in [7, 11) is 0. The van der Waals surface area contributed by atoms with E-state index in [1.54, 1.807) is 16.7 Å². The number of carbonyl (C=O) groups excluding carboxylic acids is 1. The Morgan fingerprint density at radius 1 is 1.10 bits per heavy atom. The number of rotatable bonds is 4. The van der Waals surface area contributed by atoms with Crippen LogP contribution in [0.2, 0.25) is 0 Å². The molecule has 1 unspecified atom stereocenters. The van der Waals surface area contributed by atoms with Gasteiger partial charge in [0.05, 0.1) is 17.6 Å². The molecule has 0 radical (unpaired) electrons. The second-order valence-electron chi connectivity index (χ2n) is 11.2. The molecule has 1 aliphatic carbocycles. The van der Waals surface area contributed by atoms with Crippen molar-refractivity contribution in [3.63, 3.8) is 0 Å². The van der Waals surface area contributed by atoms with Gasteiger partial charge in [0.25, 0.3) is 0 Å². The fourth-order valence-corrected chi connectivity index (χ4v) is 6.29. The molecule has 1 N–H and O–H groups in total. The molecule has 10 heteroatoms. The number of hydrogen-bond acceptors (Lipinski definition) is 6. The van der Waals surface area contributed by atoms with Crippen LogP contribution in [0.3, 0.4) is 0 Å². The Hall–Kier alpha value is -4.05. The molecule has 8 nitrogen and oxygen atoms in total. The van der Waals surface area contributed by atoms with Gasteiger partial charge in [0.1, 0.15) is 30.3 Å². The normalized spacial score (nSPS) is 20.4. The van der Waals surface area contributed by atoms with Gasteiger partial charge in [0, 0.05) is 36.2 Å². The molecule has 1 amide bonds. The summed E-state index contributed by atoms with van der Waals surface area (Å²) in [6.07, 6.45) is 3.50. The van der Waals surface area contributed by atoms with Crippen LogP contribution in [0.5, 0.6) is 11.5 Å². The summed E-state index contributed by atoms with van der Waals surface area (Å²) >= 11 is 0. The maximum atomic E-state index is 16.3. The lowest BCUT2D eigenvalue weighted by Crippen LogP contribution is -2.70. The number of aromatic nitrogens is 3. The van der Waals surface area contributed by atoms with Gasteiger partial charge in [-0.2, -0.15) is 0 Å². The van der Waals surface area contributed by atoms with Gasteiger partial charge in [-0.15, -0.1) is 10.2 Å². The minimum atomic E-state index is -0.716. The largest absolute Gasteiger partial charge is 0.507 e. The topological polar surface area (TPSA) is 83.7 Å². The number of hydrogen-bond donors (Lipinski definition) is 1. The number of halogens is 2. The molecule has 1 saturated carbocycles. The lowest BCUT2D eigenvalue weighted by Gasteiger charge is -2.52. The molecular weight excluding hydrogens is 516 g/mol. The first-order chi connectivity index (χ1) is 19.3. The van der Waals surface area contributed by atoms with Crippen LogP contribution in [-0.2, 0) is 6.54 Å². The lowest BCUT2D eigenvalue weighted by molar-refractivity contribution is -0.0397. The summed E-state index contributed by atoms with van der Waals surface area (Å²) in [6.45, 7) is 5.13. The van der Waals surface area contributed by atoms with Crippen LogP contribution in [0.1, 0.15) is 44.0 Å². The van der Waals surface area contributed by atoms with Crippen LogP contribution in [0.15, 0.2) is 48.8 Å². The van der Waals surface area contributed by atoms with Crippen molar-refractivity contribution in [3.8, 4) is 22.6 Å². The SMILES string of the molecule is CC(C)N(C(=O)n1cnnc1C1CC1)C1CN2Cc3c(c(F)c(-c4c(O)cccc4F)c4ccccc34)OC[C@@H]12. The number of fused-ring (bicyclic) bond motifs is 4. The van der Waals surface area contributed by atoms with E-state index in [-0.39, 0.29) is 59.3 Å². The number of phenolic OH excluding ortho intramolecular Hbond substituents is 1. The average molecular weight is 546 g/mol. The summed E-state index contributed by atoms with van der Waals surface area (Å²) in [4.78, 5) is 17.8. The van der Waals surface area contributed by atoms with E-state index >= 15 is 4.39 Å². The first-order valence-corrected chi connectivity index (χ1v) is 13.7. The van der Waals surface area contributed by atoms with Crippen molar-refractivity contribution in [2.75, 3.05) is 13.2 Å². The summed E-state index contributed by atoms with van der Waals surface area (Å²) in [5.74, 6) is -0.730. The van der Waals surface area contributed by atoms with Crippen molar-refractivity contribution >= 4 is 16.8 Å². The van der Waals surface area contributed by atoms with Gasteiger partial charge < -0.3 is 14.7 Å². The summed E-state index contributed by atoms with van der Waals surface area (Å²) < 4.78 is 39.0. The van der Waals surface area contributed by atoms with E-state index in [4.69, 9.17) is 4.74 Å². The van der Waals surface area contributed by atoms with E-state index in [0.717, 1.165) is 18.2 Å². The number of aromatic hydroxyl groups is 1. The van der Waals surface area contributed by atoms with E-state index in [2.05, 4.69) is 15.1 Å². The van der Waals surface area contributed by atoms with Gasteiger partial charge in [-0.05, 0) is 49.6 Å². The minimum Gasteiger partial charge on any atom is -0.507 e. The van der Waals surface area contributed by atoms with Crippen LogP contribution in [0.25, 0.3) is 21.9 Å². The molecule has 0 bridgehead atoms. The summed E-state index contributed by atoms with van der Waals surface area (Å²) in [5.41, 5.74) is 0.459. The zero-order chi connectivity index (χ0) is 27.7. The fourth-order valence-electron chi connectivity index (χ4n) is 6.29. The molecular formula is C30H29F2N5O3. The van der Waals surface area contributed by atoms with Crippen LogP contribution in [0.4, 0.5) is 13.6 Å². The van der Waals surface area contributed by atoms with Gasteiger partial charge in [0.15, 0.2) is 11.6 Å². The molecule has 2 atom stereocenters. The first-order valence-electron chi connectivity index (χ1n) is 13.7. The van der Waals surface area contributed by atoms with Crippen LogP contribution in [-0.4, -0.2) is 67.0 Å². The maximum Gasteiger partial charge on any atom is 0.331 e. The van der Waals surface area contributed by atoms with E-state index in [1.807, 2.05) is 30.9 Å². The quantitative estimate of drug-likeness (QED) is 0.376. The second kappa shape index (κ2) is 9.26. The van der Waals surface area contributed by atoms with Crippen molar-refractivity contribution in [1.82, 2.24) is 24.6 Å². The zero-order valence-corrected chi connectivity index (χ0v) is 22.2. The van der Waals surface area contributed by atoms with Gasteiger partial charge in [-0.1, -0.05) is 30.3 Å². The molecule has 1 aromatic heterocycles. The number of carbonyl (C=O) groups is 1. The standard InChI is InChI=1S/C30H29F2N5O3/c1-16(2)37(30(39)36-15-33-34-29(36)17-10-11-17)22-13-35-12-20-18-6-3-4-7-19(18)25(26-21(31)8-5-9-24(26)38)27(32)28(20)40-14-23(22)35/h3-9,15-17,22-23,38H,10-14H2,1-2H3/t22?,23-/m0/s1. The molecule has 3 aliphatic rings. The molecule has 1 saturated heterocycles. The summed E-state index contributed by atoms with van der Waals surface area (Å²) in [6, 6.07) is 10.6. The van der Waals surface area contributed by atoms with E-state index in [1.165, 1.54) is 24.5 Å². The molecule has 0 spiro atoms. The van der Waals surface area contributed by atoms with Crippen molar-refractivity contribution in [2.45, 2.75) is 57.3 Å². The van der Waals surface area contributed by atoms with E-state index in [9.17, 15) is 14.3 Å². The number of phenols is 1. The molecule has 2 aliphatic heterocycles. The minimum absolute atomic E-state index is 0.0232. The van der Waals surface area contributed by atoms with Crippen LogP contribution in [0, 0.1) is 11.6 Å². The highest BCUT2D eigenvalue weighted by Crippen LogP contribution is 2.46. The Kier molecular flexibility index (Phi) is 5.78. The van der Waals surface area contributed by atoms with E-state index in [0.29, 0.717) is 29.9 Å². The molecule has 7 rings (SSSR count). The number of ether oxygens (including phenoxy) is 1. The average Bonchev–Trinajstić information content (AvgIpc) is 3.68. The molecule has 2 fully saturated rings. The Morgan fingerprint density at radius 3 is 2.60 bits per heavy atom. The smallest absolute Gasteiger partial charge is 0.331 e. The first kappa shape index (κ1) is 25.0. The van der Waals surface area contributed by atoms with Gasteiger partial charge in [0.2, 0.25) is 0 Å². The van der Waals surface area contributed by atoms with Gasteiger partial charge in [-0.25, -0.2) is 18.1 Å². The predicted octanol–water partition coefficient (Wildman–Crippen LogP) is 5.28. The maximum absolute atomic E-state index is 16.3. The Morgan fingerprint density at radius 2 is 1.88 bits per heavy atom. The Labute approximate surface area is 229 Å². The van der Waals surface area contributed by atoms with Gasteiger partial charge >= 0.3 is 6.03 Å². The molecule has 40 heavy (non-hydrogen) atoms. The monoisotopic (exact) mass is 545 g/mol. The van der Waals surface area contributed by atoms with Crippen LogP contribution < -0.4 is 4.74 Å². The van der Waals surface area contributed by atoms with E-state index < -0.39 is 11.6 Å². The Balaban J connectivity index is 1.26. The third-order valence-corrected chi connectivity index (χ3v) is 8.41. The predicted molar refractivity (Wildman–Crippen MR) is 144 cm³/mol. The van der Waals surface area contributed by atoms with Crippen molar-refractivity contribution < 1.29 is 23.4 Å². The highest BCUT2D eigenvalue weighted by molar-refractivity contribution is 6.01. The fraction of sp³-hybridized carbons (Fsp3) is 0.367. The summed E-state index contributed by atoms with van der Waals surface area (Å²) in [5, 5.41) is 19.9. The van der Waals surface area contributed by atoms with Crippen molar-refractivity contribution in [1.29, 1.82) is 0 Å². The molecule has 206 valence electrons. The van der Waals surface area contributed by atoms with Crippen molar-refractivity contribution in [3.05, 3.63) is 71.8 Å². The van der Waals surface area contributed by atoms with Gasteiger partial charge in [-0.3, -0.25) is 4.90 Å². The number of benzene rings is 3. The number of nitrogens with zero attached hydrogens (tertiary/aromatic N) is 5. The Bertz CT molecular complexity index is 1630. The van der Waals surface area contributed by atoms with Crippen LogP contribution >= 0.6 is 0 Å². The third kappa shape index (κ3) is 3.76. The third-order valence-electron chi connectivity index (χ3n) is 8.41. The number of amides is 1. The lowest BCUT2D eigenvalue weighted by atomic mass is 9.90. The zero-order valence-electron chi connectivity index (χ0n) is 22.2. The highest BCUT2D eigenvalue weighted by atomic mass is 19.1. The molecule has 4 aromatic rings. The second-order valence-corrected chi connectivity index (χ2v) is 11.2. The highest BCUT2D eigenvalue weighted by Gasteiger charge is 2.48. The molecule has 3 heterocycles. The molecule has 3 aromatic carbocycles. The van der Waals surface area contributed by atoms with Crippen molar-refractivity contribution in [2.24, 2.45) is 0 Å².